The molecule has 2 heteroatoms. The molecule has 0 rings (SSSR count). The van der Waals surface area contributed by atoms with E-state index >= 15 is 0 Å². The van der Waals surface area contributed by atoms with Crippen molar-refractivity contribution >= 4 is 15.9 Å². The minimum atomic E-state index is 0. The Morgan fingerprint density at radius 2 is 1.75 bits per heavy atom. The summed E-state index contributed by atoms with van der Waals surface area (Å²) in [6, 6.07) is 0. The molecule has 0 unspecified atom stereocenters. The van der Waals surface area contributed by atoms with Crippen molar-refractivity contribution < 1.29 is 18.6 Å². The van der Waals surface area contributed by atoms with Crippen molar-refractivity contribution in [2.45, 2.75) is 0 Å². The van der Waals surface area contributed by atoms with Gasteiger partial charge in [-0.15, -0.1) is 0 Å². The van der Waals surface area contributed by atoms with Gasteiger partial charge in [0, 0.05) is 0 Å². The van der Waals surface area contributed by atoms with Crippen LogP contribution >= 0.6 is 15.9 Å². The summed E-state index contributed by atoms with van der Waals surface area (Å²) in [5.74, 6) is 0. The predicted molar refractivity (Wildman–Crippen MR) is 17.8 cm³/mol. The SMILES string of the molecule is C=[C-]Br.[V+2]. The molecule has 1 radical (unpaired) electrons. The van der Waals surface area contributed by atoms with Crippen molar-refractivity contribution in [1.82, 2.24) is 0 Å². The molecule has 0 aliphatic heterocycles. The van der Waals surface area contributed by atoms with Crippen molar-refractivity contribution in [3.63, 3.8) is 0 Å². The number of halogens is 1. The second kappa shape index (κ2) is 9.19. The number of rotatable bonds is 0. The number of hydrogen-bond acceptors (Lipinski definition) is 0. The fraction of sp³-hybridized carbons (Fsp3) is 0. The zero-order valence-electron chi connectivity index (χ0n) is 2.03. The summed E-state index contributed by atoms with van der Waals surface area (Å²) in [5.41, 5.74) is 0. The summed E-state index contributed by atoms with van der Waals surface area (Å²) in [6.07, 6.45) is 0. The van der Waals surface area contributed by atoms with Crippen LogP contribution in [-0.2, 0) is 18.6 Å². The van der Waals surface area contributed by atoms with Gasteiger partial charge >= 0.3 is 18.6 Å². The Morgan fingerprint density at radius 1 is 1.75 bits per heavy atom. The molecule has 0 spiro atoms. The van der Waals surface area contributed by atoms with Crippen LogP contribution in [0.5, 0.6) is 0 Å². The second-order valence-electron chi connectivity index (χ2n) is 0.134. The van der Waals surface area contributed by atoms with Gasteiger partial charge in [0.05, 0.1) is 0 Å². The van der Waals surface area contributed by atoms with Crippen LogP contribution in [0, 0.1) is 4.99 Å². The molecule has 0 saturated heterocycles. The monoisotopic (exact) mass is 156 g/mol. The second-order valence-corrected chi connectivity index (χ2v) is 0.694. The van der Waals surface area contributed by atoms with E-state index in [1.807, 2.05) is 0 Å². The van der Waals surface area contributed by atoms with Gasteiger partial charge in [-0.05, 0) is 0 Å². The number of hydrogen-bond donors (Lipinski definition) is 0. The third kappa shape index (κ3) is 14.1. The van der Waals surface area contributed by atoms with Crippen LogP contribution in [0.15, 0.2) is 6.58 Å². The summed E-state index contributed by atoms with van der Waals surface area (Å²) in [5, 5.41) is 0. The first-order valence-electron chi connectivity index (χ1n) is 0.543. The van der Waals surface area contributed by atoms with Gasteiger partial charge in [0.1, 0.15) is 0 Å². The van der Waals surface area contributed by atoms with E-state index in [4.69, 9.17) is 0 Å². The van der Waals surface area contributed by atoms with Gasteiger partial charge in [-0.25, -0.2) is 0 Å². The fourth-order valence-electron chi connectivity index (χ4n) is 0. The zero-order chi connectivity index (χ0) is 2.71. The molecule has 0 nitrogen and oxygen atoms in total. The molecular formula is C2H2BrV+. The third-order valence-electron chi connectivity index (χ3n) is 0. The quantitative estimate of drug-likeness (QED) is 0.465. The molecule has 0 aromatic rings. The standard InChI is InChI=1S/C2H2Br.V/c1-2-3;/h1H2;/q-1;+2. The van der Waals surface area contributed by atoms with Crippen LogP contribution in [0.3, 0.4) is 0 Å². The first kappa shape index (κ1) is 8.84. The van der Waals surface area contributed by atoms with Gasteiger partial charge in [-0.1, -0.05) is 0 Å². The molecule has 4 heavy (non-hydrogen) atoms. The van der Waals surface area contributed by atoms with E-state index in [0.29, 0.717) is 0 Å². The molecule has 0 amide bonds. The topological polar surface area (TPSA) is 0 Å². The minimum absolute atomic E-state index is 0. The molecule has 0 fully saturated rings. The average molecular weight is 157 g/mol. The van der Waals surface area contributed by atoms with Crippen molar-refractivity contribution in [3.8, 4) is 0 Å². The molecule has 0 N–H and O–H groups in total. The van der Waals surface area contributed by atoms with Crippen LogP contribution in [0.2, 0.25) is 0 Å². The molecule has 0 aromatic heterocycles. The average Bonchev–Trinajstić information content (AvgIpc) is 0.918. The van der Waals surface area contributed by atoms with Crippen molar-refractivity contribution in [2.75, 3.05) is 0 Å². The molecule has 0 atom stereocenters. The van der Waals surface area contributed by atoms with E-state index in [2.05, 4.69) is 27.5 Å². The van der Waals surface area contributed by atoms with E-state index < -0.39 is 0 Å². The Labute approximate surface area is 46.3 Å². The van der Waals surface area contributed by atoms with Gasteiger partial charge in [0.2, 0.25) is 0 Å². The molecule has 21 valence electrons. The van der Waals surface area contributed by atoms with Crippen molar-refractivity contribution in [3.05, 3.63) is 11.6 Å². The maximum Gasteiger partial charge on any atom is 2.00 e. The van der Waals surface area contributed by atoms with Crippen LogP contribution in [0.4, 0.5) is 0 Å². The Balaban J connectivity index is 0. The van der Waals surface area contributed by atoms with Gasteiger partial charge in [0.25, 0.3) is 0 Å². The molecule has 0 heterocycles. The van der Waals surface area contributed by atoms with Gasteiger partial charge in [0.15, 0.2) is 0 Å². The Bertz CT molecular complexity index is 13.5. The van der Waals surface area contributed by atoms with Crippen LogP contribution < -0.4 is 0 Å². The minimum Gasteiger partial charge on any atom is -0.430 e. The van der Waals surface area contributed by atoms with E-state index in [1.54, 1.807) is 0 Å². The maximum absolute atomic E-state index is 3.15. The van der Waals surface area contributed by atoms with Gasteiger partial charge < -0.3 is 20.9 Å². The molecule has 0 saturated carbocycles. The van der Waals surface area contributed by atoms with Gasteiger partial charge in [-0.2, -0.15) is 0 Å². The predicted octanol–water partition coefficient (Wildman–Crippen LogP) is 1.33. The first-order chi connectivity index (χ1) is 1.41. The van der Waals surface area contributed by atoms with E-state index in [9.17, 15) is 0 Å². The summed E-state index contributed by atoms with van der Waals surface area (Å²) in [7, 11) is 0. The van der Waals surface area contributed by atoms with Crippen LogP contribution in [0.25, 0.3) is 0 Å². The first-order valence-corrected chi connectivity index (χ1v) is 1.34. The van der Waals surface area contributed by atoms with E-state index in [1.165, 1.54) is 0 Å². The summed E-state index contributed by atoms with van der Waals surface area (Å²) in [4.78, 5) is 2.31. The van der Waals surface area contributed by atoms with Crippen LogP contribution in [0.1, 0.15) is 0 Å². The molecular weight excluding hydrogens is 155 g/mol. The fourth-order valence-corrected chi connectivity index (χ4v) is 0. The Hall–Kier alpha value is 0.804. The molecule has 0 aromatic carbocycles. The molecule has 0 aliphatic carbocycles. The normalized spacial score (nSPS) is 3.25. The Kier molecular flexibility index (Phi) is 20.3. The van der Waals surface area contributed by atoms with E-state index in [0.717, 1.165) is 0 Å². The zero-order valence-corrected chi connectivity index (χ0v) is 5.01. The largest absolute Gasteiger partial charge is 2.00 e. The Morgan fingerprint density at radius 3 is 1.75 bits per heavy atom. The summed E-state index contributed by atoms with van der Waals surface area (Å²) >= 11 is 2.78. The van der Waals surface area contributed by atoms with Crippen LogP contribution in [-0.4, -0.2) is 0 Å². The van der Waals surface area contributed by atoms with E-state index in [-0.39, 0.29) is 18.6 Å². The maximum atomic E-state index is 3.15. The smallest absolute Gasteiger partial charge is 0.430 e. The third-order valence-corrected chi connectivity index (χ3v) is 0. The van der Waals surface area contributed by atoms with Gasteiger partial charge in [-0.3, -0.25) is 6.58 Å². The van der Waals surface area contributed by atoms with Crippen molar-refractivity contribution in [2.24, 2.45) is 0 Å². The molecule has 0 bridgehead atoms. The molecule has 0 aliphatic rings. The van der Waals surface area contributed by atoms with Crippen molar-refractivity contribution in [1.29, 1.82) is 0 Å². The summed E-state index contributed by atoms with van der Waals surface area (Å²) in [6.45, 7) is 3.15. The summed E-state index contributed by atoms with van der Waals surface area (Å²) < 4.78 is 0.